The largest absolute Gasteiger partial charge is 0.412 e. The van der Waals surface area contributed by atoms with Crippen molar-refractivity contribution in [1.29, 1.82) is 0 Å². The molecule has 0 aromatic heterocycles. The summed E-state index contributed by atoms with van der Waals surface area (Å²) in [5.41, 5.74) is 1.25. The van der Waals surface area contributed by atoms with E-state index < -0.39 is 8.32 Å². The van der Waals surface area contributed by atoms with Crippen molar-refractivity contribution in [2.75, 3.05) is 38.8 Å². The summed E-state index contributed by atoms with van der Waals surface area (Å²) < 4.78 is 26.5. The highest BCUT2D eigenvalue weighted by atomic mass is 28.4. The Kier molecular flexibility index (Phi) is 8.48. The van der Waals surface area contributed by atoms with Gasteiger partial charge in [0.05, 0.1) is 25.3 Å². The van der Waals surface area contributed by atoms with Crippen molar-refractivity contribution >= 4 is 19.9 Å². The number of carbonyl (C=O) groups is 1. The van der Waals surface area contributed by atoms with E-state index in [1.54, 1.807) is 7.11 Å². The lowest BCUT2D eigenvalue weighted by atomic mass is 10.0. The van der Waals surface area contributed by atoms with Gasteiger partial charge in [0.15, 0.2) is 14.1 Å². The van der Waals surface area contributed by atoms with Crippen molar-refractivity contribution in [3.8, 4) is 0 Å². The van der Waals surface area contributed by atoms with Crippen LogP contribution in [0.2, 0.25) is 18.1 Å². The summed E-state index contributed by atoms with van der Waals surface area (Å²) >= 11 is 0. The smallest absolute Gasteiger partial charge is 0.224 e. The second-order valence-electron chi connectivity index (χ2n) is 9.76. The number of hydrogen-bond donors (Lipinski definition) is 0. The van der Waals surface area contributed by atoms with E-state index in [9.17, 15) is 4.79 Å². The Labute approximate surface area is 182 Å². The Hall–Kier alpha value is -1.44. The van der Waals surface area contributed by atoms with Crippen LogP contribution in [0.4, 0.5) is 10.1 Å². The molecule has 0 saturated carbocycles. The van der Waals surface area contributed by atoms with Gasteiger partial charge in [0, 0.05) is 38.9 Å². The normalized spacial score (nSPS) is 16.1. The van der Waals surface area contributed by atoms with Gasteiger partial charge >= 0.3 is 0 Å². The molecule has 1 fully saturated rings. The number of halogens is 1. The fourth-order valence-electron chi connectivity index (χ4n) is 3.46. The van der Waals surface area contributed by atoms with Gasteiger partial charge in [-0.15, -0.1) is 0 Å². The Morgan fingerprint density at radius 1 is 1.27 bits per heavy atom. The van der Waals surface area contributed by atoms with E-state index in [0.717, 1.165) is 25.9 Å². The molecule has 0 unspecified atom stereocenters. The average Bonchev–Trinajstić information content (AvgIpc) is 2.70. The summed E-state index contributed by atoms with van der Waals surface area (Å²) in [6.45, 7) is 13.1. The SMILES string of the molecule is COCCC(=O)N(C)C1CCN(c2cccc(CO[Si](C)(C)C(C)(C)C)c2F)CC1. The highest BCUT2D eigenvalue weighted by Crippen LogP contribution is 2.37. The molecule has 1 heterocycles. The Balaban J connectivity index is 2.00. The van der Waals surface area contributed by atoms with Crippen LogP contribution in [0.5, 0.6) is 0 Å². The van der Waals surface area contributed by atoms with Gasteiger partial charge < -0.3 is 19.0 Å². The van der Waals surface area contributed by atoms with Gasteiger partial charge in [-0.2, -0.15) is 0 Å². The van der Waals surface area contributed by atoms with Crippen molar-refractivity contribution in [1.82, 2.24) is 4.90 Å². The molecule has 0 N–H and O–H groups in total. The molecule has 5 nitrogen and oxygen atoms in total. The molecule has 1 aliphatic heterocycles. The highest BCUT2D eigenvalue weighted by molar-refractivity contribution is 6.74. The highest BCUT2D eigenvalue weighted by Gasteiger charge is 2.37. The number of anilines is 1. The zero-order chi connectivity index (χ0) is 22.5. The van der Waals surface area contributed by atoms with Crippen molar-refractivity contribution in [2.45, 2.75) is 70.8 Å². The van der Waals surface area contributed by atoms with E-state index in [0.29, 0.717) is 30.9 Å². The molecule has 2 rings (SSSR count). The molecule has 170 valence electrons. The summed E-state index contributed by atoms with van der Waals surface area (Å²) in [4.78, 5) is 16.2. The molecule has 0 spiro atoms. The first-order valence-electron chi connectivity index (χ1n) is 10.9. The molecule has 1 aromatic carbocycles. The summed E-state index contributed by atoms with van der Waals surface area (Å²) in [6.07, 6.45) is 2.07. The molecular weight excluding hydrogens is 399 g/mol. The molecule has 7 heteroatoms. The molecule has 1 aliphatic rings. The lowest BCUT2D eigenvalue weighted by Gasteiger charge is -2.38. The summed E-state index contributed by atoms with van der Waals surface area (Å²) in [6, 6.07) is 5.77. The third-order valence-electron chi connectivity index (χ3n) is 6.72. The zero-order valence-corrected chi connectivity index (χ0v) is 20.8. The minimum Gasteiger partial charge on any atom is -0.412 e. The number of rotatable bonds is 8. The van der Waals surface area contributed by atoms with Crippen molar-refractivity contribution in [3.05, 3.63) is 29.6 Å². The van der Waals surface area contributed by atoms with Crippen molar-refractivity contribution in [2.24, 2.45) is 0 Å². The van der Waals surface area contributed by atoms with Crippen LogP contribution in [0, 0.1) is 5.82 Å². The second kappa shape index (κ2) is 10.2. The number of methoxy groups -OCH3 is 1. The van der Waals surface area contributed by atoms with Gasteiger partial charge in [0.1, 0.15) is 0 Å². The maximum absolute atomic E-state index is 15.3. The van der Waals surface area contributed by atoms with Gasteiger partial charge in [-0.05, 0) is 37.0 Å². The number of amides is 1. The van der Waals surface area contributed by atoms with Crippen molar-refractivity contribution in [3.63, 3.8) is 0 Å². The third-order valence-corrected chi connectivity index (χ3v) is 11.2. The Morgan fingerprint density at radius 2 is 1.90 bits per heavy atom. The van der Waals surface area contributed by atoms with Crippen LogP contribution in [0.25, 0.3) is 0 Å². The zero-order valence-electron chi connectivity index (χ0n) is 19.8. The number of ether oxygens (including phenoxy) is 1. The molecule has 1 amide bonds. The number of hydrogen-bond acceptors (Lipinski definition) is 4. The third kappa shape index (κ3) is 6.05. The topological polar surface area (TPSA) is 42.0 Å². The molecular formula is C23H39FN2O3Si. The summed E-state index contributed by atoms with van der Waals surface area (Å²) in [7, 11) is 1.53. The Morgan fingerprint density at radius 3 is 2.47 bits per heavy atom. The van der Waals surface area contributed by atoms with E-state index in [2.05, 4.69) is 38.8 Å². The van der Waals surface area contributed by atoms with Crippen LogP contribution in [-0.4, -0.2) is 59.0 Å². The van der Waals surface area contributed by atoms with E-state index in [-0.39, 0.29) is 22.8 Å². The first-order chi connectivity index (χ1) is 14.0. The molecule has 1 saturated heterocycles. The predicted molar refractivity (Wildman–Crippen MR) is 123 cm³/mol. The van der Waals surface area contributed by atoms with Crippen LogP contribution in [-0.2, 0) is 20.6 Å². The maximum atomic E-state index is 15.3. The van der Waals surface area contributed by atoms with Crippen LogP contribution in [0.1, 0.15) is 45.6 Å². The van der Waals surface area contributed by atoms with Gasteiger partial charge in [-0.1, -0.05) is 32.9 Å². The number of carbonyl (C=O) groups excluding carboxylic acids is 1. The van der Waals surface area contributed by atoms with Crippen LogP contribution in [0.15, 0.2) is 18.2 Å². The number of benzene rings is 1. The first-order valence-corrected chi connectivity index (χ1v) is 13.8. The average molecular weight is 439 g/mol. The van der Waals surface area contributed by atoms with Gasteiger partial charge in [0.2, 0.25) is 5.91 Å². The maximum Gasteiger partial charge on any atom is 0.224 e. The molecule has 1 aromatic rings. The first kappa shape index (κ1) is 24.8. The van der Waals surface area contributed by atoms with Gasteiger partial charge in [-0.25, -0.2) is 4.39 Å². The predicted octanol–water partition coefficient (Wildman–Crippen LogP) is 4.81. The van der Waals surface area contributed by atoms with E-state index in [4.69, 9.17) is 9.16 Å². The molecule has 0 bridgehead atoms. The van der Waals surface area contributed by atoms with Gasteiger partial charge in [0.25, 0.3) is 0 Å². The lowest BCUT2D eigenvalue weighted by Crippen LogP contribution is -2.46. The minimum absolute atomic E-state index is 0.0929. The van der Waals surface area contributed by atoms with Crippen LogP contribution in [0.3, 0.4) is 0 Å². The summed E-state index contributed by atoms with van der Waals surface area (Å²) in [5.74, 6) is -0.0783. The molecule has 30 heavy (non-hydrogen) atoms. The second-order valence-corrected chi connectivity index (χ2v) is 14.6. The molecule has 0 aliphatic carbocycles. The monoisotopic (exact) mass is 438 g/mol. The fraction of sp³-hybridized carbons (Fsp3) is 0.696. The number of nitrogens with zero attached hydrogens (tertiary/aromatic N) is 2. The van der Waals surface area contributed by atoms with Crippen LogP contribution >= 0.6 is 0 Å². The van der Waals surface area contributed by atoms with Gasteiger partial charge in [-0.3, -0.25) is 4.79 Å². The summed E-state index contributed by atoms with van der Waals surface area (Å²) in [5, 5.41) is 0.0929. The Bertz CT molecular complexity index is 713. The molecule has 0 atom stereocenters. The quantitative estimate of drug-likeness (QED) is 0.546. The minimum atomic E-state index is -1.94. The lowest BCUT2D eigenvalue weighted by molar-refractivity contribution is -0.133. The van der Waals surface area contributed by atoms with E-state index in [1.165, 1.54) is 0 Å². The van der Waals surface area contributed by atoms with E-state index in [1.807, 2.05) is 30.1 Å². The van der Waals surface area contributed by atoms with Crippen LogP contribution < -0.4 is 4.90 Å². The fourth-order valence-corrected chi connectivity index (χ4v) is 4.41. The molecule has 0 radical (unpaired) electrons. The van der Waals surface area contributed by atoms with Crippen molar-refractivity contribution < 1.29 is 18.3 Å². The number of piperidine rings is 1. The standard InChI is InChI=1S/C23H39FN2O3Si/c1-23(2,3)30(6,7)29-17-18-9-8-10-20(22(18)24)26-14-11-19(12-15-26)25(4)21(27)13-16-28-5/h8-10,19H,11-17H2,1-7H3. The van der Waals surface area contributed by atoms with E-state index >= 15 is 4.39 Å².